The molecule has 1 aliphatic rings. The Balaban J connectivity index is 1.69. The summed E-state index contributed by atoms with van der Waals surface area (Å²) in [4.78, 5) is 16.3. The third-order valence-corrected chi connectivity index (χ3v) is 5.69. The van der Waals surface area contributed by atoms with Gasteiger partial charge < -0.3 is 10.6 Å². The minimum absolute atomic E-state index is 0.103. The highest BCUT2D eigenvalue weighted by molar-refractivity contribution is 7.91. The molecule has 2 aromatic rings. The maximum absolute atomic E-state index is 12.3. The van der Waals surface area contributed by atoms with Crippen LogP contribution in [-0.2, 0) is 9.84 Å². The number of hydrogen-bond acceptors (Lipinski definition) is 5. The molecule has 0 radical (unpaired) electrons. The number of hydrogen-bond donors (Lipinski definition) is 2. The van der Waals surface area contributed by atoms with Gasteiger partial charge in [-0.15, -0.1) is 0 Å². The minimum atomic E-state index is -2.96. The van der Waals surface area contributed by atoms with Crippen LogP contribution in [0.1, 0.15) is 16.8 Å². The van der Waals surface area contributed by atoms with Crippen molar-refractivity contribution < 1.29 is 13.2 Å². The van der Waals surface area contributed by atoms with Gasteiger partial charge in [0.15, 0.2) is 9.84 Å². The third kappa shape index (κ3) is 4.24. The summed E-state index contributed by atoms with van der Waals surface area (Å²) >= 11 is 5.89. The Bertz CT molecular complexity index is 870. The van der Waals surface area contributed by atoms with Crippen LogP contribution in [0.4, 0.5) is 11.4 Å². The molecule has 2 heterocycles. The standard InChI is InChI=1S/C16H16ClN3O3S/c17-12-2-1-3-13(7-12)20-16(21)11-6-15(9-18-8-11)19-14-4-5-24(22,23)10-14/h1-3,6-9,14,19H,4-5,10H2,(H,20,21). The van der Waals surface area contributed by atoms with Crippen LogP contribution in [0.2, 0.25) is 5.02 Å². The monoisotopic (exact) mass is 365 g/mol. The summed E-state index contributed by atoms with van der Waals surface area (Å²) in [5.74, 6) is -0.0219. The second-order valence-electron chi connectivity index (χ2n) is 5.67. The number of amides is 1. The number of carbonyl (C=O) groups excluding carboxylic acids is 1. The van der Waals surface area contributed by atoms with Crippen molar-refractivity contribution in [3.8, 4) is 0 Å². The van der Waals surface area contributed by atoms with Crippen molar-refractivity contribution in [3.63, 3.8) is 0 Å². The quantitative estimate of drug-likeness (QED) is 0.869. The molecule has 1 saturated heterocycles. The predicted octanol–water partition coefficient (Wildman–Crippen LogP) is 2.59. The zero-order valence-electron chi connectivity index (χ0n) is 12.7. The molecule has 0 saturated carbocycles. The van der Waals surface area contributed by atoms with Crippen LogP contribution in [0.3, 0.4) is 0 Å². The summed E-state index contributed by atoms with van der Waals surface area (Å²) in [6, 6.07) is 8.36. The Kier molecular flexibility index (Phi) is 4.73. The second kappa shape index (κ2) is 6.78. The average Bonchev–Trinajstić information content (AvgIpc) is 2.86. The first-order chi connectivity index (χ1) is 11.4. The number of halogens is 1. The van der Waals surface area contributed by atoms with Crippen LogP contribution in [0, 0.1) is 0 Å². The molecule has 3 rings (SSSR count). The Morgan fingerprint density at radius 1 is 1.21 bits per heavy atom. The number of anilines is 2. The van der Waals surface area contributed by atoms with Crippen molar-refractivity contribution in [3.05, 3.63) is 53.3 Å². The number of benzene rings is 1. The van der Waals surface area contributed by atoms with Crippen LogP contribution in [0.25, 0.3) is 0 Å². The molecule has 1 atom stereocenters. The van der Waals surface area contributed by atoms with Crippen molar-refractivity contribution in [2.45, 2.75) is 12.5 Å². The first-order valence-electron chi connectivity index (χ1n) is 7.40. The molecule has 8 heteroatoms. The van der Waals surface area contributed by atoms with E-state index in [0.717, 1.165) is 0 Å². The van der Waals surface area contributed by atoms with Crippen LogP contribution >= 0.6 is 11.6 Å². The molecule has 126 valence electrons. The Morgan fingerprint density at radius 2 is 2.04 bits per heavy atom. The number of pyridine rings is 1. The van der Waals surface area contributed by atoms with Gasteiger partial charge in [-0.05, 0) is 30.7 Å². The zero-order chi connectivity index (χ0) is 17.2. The number of rotatable bonds is 4. The van der Waals surface area contributed by atoms with Crippen LogP contribution in [0.15, 0.2) is 42.7 Å². The summed E-state index contributed by atoms with van der Waals surface area (Å²) in [5, 5.41) is 6.40. The molecule has 2 N–H and O–H groups in total. The fourth-order valence-electron chi connectivity index (χ4n) is 2.56. The van der Waals surface area contributed by atoms with E-state index in [1.807, 2.05) is 0 Å². The summed E-state index contributed by atoms with van der Waals surface area (Å²) < 4.78 is 23.0. The Morgan fingerprint density at radius 3 is 2.75 bits per heavy atom. The van der Waals surface area contributed by atoms with Crippen molar-refractivity contribution in [2.24, 2.45) is 0 Å². The maximum atomic E-state index is 12.3. The van der Waals surface area contributed by atoms with E-state index in [1.54, 1.807) is 36.5 Å². The van der Waals surface area contributed by atoms with Crippen LogP contribution < -0.4 is 10.6 Å². The Labute approximate surface area is 145 Å². The molecule has 1 aromatic heterocycles. The highest BCUT2D eigenvalue weighted by atomic mass is 35.5. The minimum Gasteiger partial charge on any atom is -0.380 e. The molecule has 1 amide bonds. The number of sulfone groups is 1. The van der Waals surface area contributed by atoms with E-state index < -0.39 is 9.84 Å². The first-order valence-corrected chi connectivity index (χ1v) is 9.60. The normalized spacial score (nSPS) is 19.0. The third-order valence-electron chi connectivity index (χ3n) is 3.69. The molecular formula is C16H16ClN3O3S. The number of aromatic nitrogens is 1. The van der Waals surface area contributed by atoms with Gasteiger partial charge in [0.05, 0.1) is 22.8 Å². The van der Waals surface area contributed by atoms with Gasteiger partial charge in [0.1, 0.15) is 0 Å². The largest absolute Gasteiger partial charge is 0.380 e. The highest BCUT2D eigenvalue weighted by Gasteiger charge is 2.27. The van der Waals surface area contributed by atoms with Gasteiger partial charge in [-0.1, -0.05) is 17.7 Å². The molecular weight excluding hydrogens is 350 g/mol. The van der Waals surface area contributed by atoms with E-state index in [4.69, 9.17) is 11.6 Å². The Hall–Kier alpha value is -2.12. The SMILES string of the molecule is O=C(Nc1cccc(Cl)c1)c1cncc(NC2CCS(=O)(=O)C2)c1. The van der Waals surface area contributed by atoms with E-state index >= 15 is 0 Å². The van der Waals surface area contributed by atoms with Crippen molar-refractivity contribution in [2.75, 3.05) is 22.1 Å². The molecule has 0 aliphatic carbocycles. The van der Waals surface area contributed by atoms with Crippen LogP contribution in [-0.4, -0.2) is 36.9 Å². The fourth-order valence-corrected chi connectivity index (χ4v) is 4.42. The summed E-state index contributed by atoms with van der Waals surface area (Å²) in [6.45, 7) is 0. The van der Waals surface area contributed by atoms with E-state index in [1.165, 1.54) is 6.20 Å². The predicted molar refractivity (Wildman–Crippen MR) is 94.3 cm³/mol. The van der Waals surface area contributed by atoms with Crippen molar-refractivity contribution >= 4 is 38.7 Å². The van der Waals surface area contributed by atoms with E-state index in [2.05, 4.69) is 15.6 Å². The molecule has 24 heavy (non-hydrogen) atoms. The molecule has 1 unspecified atom stereocenters. The molecule has 1 aromatic carbocycles. The summed E-state index contributed by atoms with van der Waals surface area (Å²) in [5.41, 5.74) is 1.59. The van der Waals surface area contributed by atoms with E-state index in [9.17, 15) is 13.2 Å². The lowest BCUT2D eigenvalue weighted by Gasteiger charge is -2.13. The van der Waals surface area contributed by atoms with E-state index in [0.29, 0.717) is 28.4 Å². The molecule has 6 nitrogen and oxygen atoms in total. The van der Waals surface area contributed by atoms with Gasteiger partial charge in [-0.3, -0.25) is 9.78 Å². The van der Waals surface area contributed by atoms with Crippen LogP contribution in [0.5, 0.6) is 0 Å². The molecule has 1 aliphatic heterocycles. The number of nitrogens with one attached hydrogen (secondary N) is 2. The van der Waals surface area contributed by atoms with Gasteiger partial charge in [-0.2, -0.15) is 0 Å². The van der Waals surface area contributed by atoms with E-state index in [-0.39, 0.29) is 23.5 Å². The fraction of sp³-hybridized carbons (Fsp3) is 0.250. The first kappa shape index (κ1) is 16.7. The average molecular weight is 366 g/mol. The maximum Gasteiger partial charge on any atom is 0.257 e. The van der Waals surface area contributed by atoms with Gasteiger partial charge in [-0.25, -0.2) is 8.42 Å². The van der Waals surface area contributed by atoms with Gasteiger partial charge >= 0.3 is 0 Å². The van der Waals surface area contributed by atoms with Gasteiger partial charge in [0.25, 0.3) is 5.91 Å². The van der Waals surface area contributed by atoms with Crippen molar-refractivity contribution in [1.29, 1.82) is 0 Å². The molecule has 1 fully saturated rings. The van der Waals surface area contributed by atoms with Crippen molar-refractivity contribution in [1.82, 2.24) is 4.98 Å². The lowest BCUT2D eigenvalue weighted by Crippen LogP contribution is -2.21. The lowest BCUT2D eigenvalue weighted by atomic mass is 10.2. The topological polar surface area (TPSA) is 88.2 Å². The highest BCUT2D eigenvalue weighted by Crippen LogP contribution is 2.19. The number of carbonyl (C=O) groups is 1. The smallest absolute Gasteiger partial charge is 0.257 e. The second-order valence-corrected chi connectivity index (χ2v) is 8.34. The number of nitrogens with zero attached hydrogens (tertiary/aromatic N) is 1. The molecule has 0 spiro atoms. The molecule has 0 bridgehead atoms. The summed E-state index contributed by atoms with van der Waals surface area (Å²) in [7, 11) is -2.96. The van der Waals surface area contributed by atoms with Gasteiger partial charge in [0.2, 0.25) is 0 Å². The summed E-state index contributed by atoms with van der Waals surface area (Å²) in [6.07, 6.45) is 3.58. The van der Waals surface area contributed by atoms with Gasteiger partial charge in [0, 0.05) is 29.1 Å². The zero-order valence-corrected chi connectivity index (χ0v) is 14.3. The lowest BCUT2D eigenvalue weighted by molar-refractivity contribution is 0.102.